The lowest BCUT2D eigenvalue weighted by molar-refractivity contribution is -0.167. The fourth-order valence-electron chi connectivity index (χ4n) is 10.1. The molecule has 0 bridgehead atoms. The zero-order chi connectivity index (χ0) is 57.1. The molecule has 0 aliphatic heterocycles. The maximum atomic E-state index is 12.9. The summed E-state index contributed by atoms with van der Waals surface area (Å²) in [6.07, 6.45) is 87.9. The Morgan fingerprint density at radius 3 is 0.772 bits per heavy atom. The van der Waals surface area contributed by atoms with Crippen molar-refractivity contribution in [3.05, 3.63) is 72.9 Å². The van der Waals surface area contributed by atoms with Gasteiger partial charge in [-0.15, -0.1) is 0 Å². The minimum atomic E-state index is -0.786. The van der Waals surface area contributed by atoms with Gasteiger partial charge in [-0.25, -0.2) is 0 Å². The monoisotopic (exact) mass is 1100 g/mol. The lowest BCUT2D eigenvalue weighted by atomic mass is 10.0. The third kappa shape index (κ3) is 65.5. The molecule has 0 heterocycles. The first-order valence-corrected chi connectivity index (χ1v) is 34.4. The topological polar surface area (TPSA) is 78.9 Å². The van der Waals surface area contributed by atoms with Crippen molar-refractivity contribution < 1.29 is 28.6 Å². The molecule has 0 radical (unpaired) electrons. The molecule has 79 heavy (non-hydrogen) atoms. The van der Waals surface area contributed by atoms with E-state index in [2.05, 4.69) is 93.7 Å². The fourth-order valence-corrected chi connectivity index (χ4v) is 10.1. The van der Waals surface area contributed by atoms with Gasteiger partial charge in [-0.1, -0.05) is 318 Å². The second-order valence-electron chi connectivity index (χ2n) is 23.1. The minimum absolute atomic E-state index is 0.0810. The summed E-state index contributed by atoms with van der Waals surface area (Å²) in [7, 11) is 0. The van der Waals surface area contributed by atoms with Crippen LogP contribution in [0.5, 0.6) is 0 Å². The Labute approximate surface area is 491 Å². The smallest absolute Gasteiger partial charge is 0.306 e. The third-order valence-electron chi connectivity index (χ3n) is 15.2. The van der Waals surface area contributed by atoms with E-state index in [9.17, 15) is 14.4 Å². The standard InChI is InChI=1S/C73H130O6/c1-4-7-10-13-16-19-22-25-27-29-30-31-32-33-34-35-36-37-38-39-40-41-42-44-45-48-51-54-57-60-63-66-72(75)78-69-70(68-77-71(74)65-62-59-56-53-50-47-24-21-18-15-12-9-6-3)79-73(76)67-64-61-58-55-52-49-46-43-28-26-23-20-17-14-11-8-5-2/h8,11,17,20,22,25-26,28-30,46,49,70H,4-7,9-10,12-16,18-19,21,23-24,27,31-45,47-48,50-69H2,1-3H3/b11-8-,20-17-,25-22-,28-26-,30-29-,49-46-. The largest absolute Gasteiger partial charge is 0.462 e. The second kappa shape index (κ2) is 67.4. The molecule has 0 rings (SSSR count). The summed E-state index contributed by atoms with van der Waals surface area (Å²) in [4.78, 5) is 38.3. The number of unbranched alkanes of at least 4 members (excludes halogenated alkanes) is 40. The Balaban J connectivity index is 4.19. The predicted molar refractivity (Wildman–Crippen MR) is 344 cm³/mol. The normalized spacial score (nSPS) is 12.5. The van der Waals surface area contributed by atoms with Crippen LogP contribution in [-0.4, -0.2) is 37.2 Å². The molecular formula is C73H130O6. The van der Waals surface area contributed by atoms with Crippen LogP contribution in [-0.2, 0) is 28.6 Å². The van der Waals surface area contributed by atoms with Crippen molar-refractivity contribution in [3.8, 4) is 0 Å². The number of hydrogen-bond acceptors (Lipinski definition) is 6. The zero-order valence-electron chi connectivity index (χ0n) is 52.6. The number of rotatable bonds is 63. The van der Waals surface area contributed by atoms with Crippen molar-refractivity contribution in [2.45, 2.75) is 361 Å². The van der Waals surface area contributed by atoms with E-state index in [0.717, 1.165) is 103 Å². The number of ether oxygens (including phenoxy) is 3. The second-order valence-corrected chi connectivity index (χ2v) is 23.1. The highest BCUT2D eigenvalue weighted by Gasteiger charge is 2.19. The van der Waals surface area contributed by atoms with Crippen LogP contribution in [0.2, 0.25) is 0 Å². The Bertz CT molecular complexity index is 1450. The van der Waals surface area contributed by atoms with Crippen LogP contribution in [0, 0.1) is 0 Å². The number of esters is 3. The fraction of sp³-hybridized carbons (Fsp3) is 0.795. The summed E-state index contributed by atoms with van der Waals surface area (Å²) in [5, 5.41) is 0. The van der Waals surface area contributed by atoms with Crippen molar-refractivity contribution in [2.75, 3.05) is 13.2 Å². The van der Waals surface area contributed by atoms with Gasteiger partial charge < -0.3 is 14.2 Å². The number of carbonyl (C=O) groups excluding carboxylic acids is 3. The molecule has 458 valence electrons. The molecule has 0 saturated carbocycles. The molecule has 0 fully saturated rings. The Morgan fingerprint density at radius 2 is 0.494 bits per heavy atom. The van der Waals surface area contributed by atoms with Gasteiger partial charge in [-0.2, -0.15) is 0 Å². The summed E-state index contributed by atoms with van der Waals surface area (Å²) in [6, 6.07) is 0. The van der Waals surface area contributed by atoms with Crippen molar-refractivity contribution in [2.24, 2.45) is 0 Å². The summed E-state index contributed by atoms with van der Waals surface area (Å²) < 4.78 is 16.9. The molecule has 6 heteroatoms. The predicted octanol–water partition coefficient (Wildman–Crippen LogP) is 23.7. The van der Waals surface area contributed by atoms with E-state index in [0.29, 0.717) is 19.3 Å². The summed E-state index contributed by atoms with van der Waals surface area (Å²) in [6.45, 7) is 6.54. The lowest BCUT2D eigenvalue weighted by Crippen LogP contribution is -2.30. The van der Waals surface area contributed by atoms with E-state index in [1.165, 1.54) is 212 Å². The highest BCUT2D eigenvalue weighted by molar-refractivity contribution is 5.71. The van der Waals surface area contributed by atoms with Crippen LogP contribution in [0.15, 0.2) is 72.9 Å². The highest BCUT2D eigenvalue weighted by atomic mass is 16.6. The molecule has 0 N–H and O–H groups in total. The van der Waals surface area contributed by atoms with Crippen molar-refractivity contribution in [1.82, 2.24) is 0 Å². The lowest BCUT2D eigenvalue weighted by Gasteiger charge is -2.18. The van der Waals surface area contributed by atoms with Crippen LogP contribution in [0.1, 0.15) is 355 Å². The highest BCUT2D eigenvalue weighted by Crippen LogP contribution is 2.18. The van der Waals surface area contributed by atoms with E-state index in [-0.39, 0.29) is 31.1 Å². The average molecular weight is 1100 g/mol. The van der Waals surface area contributed by atoms with E-state index in [1.807, 2.05) is 0 Å². The molecule has 1 atom stereocenters. The Morgan fingerprint density at radius 1 is 0.266 bits per heavy atom. The van der Waals surface area contributed by atoms with Crippen molar-refractivity contribution >= 4 is 17.9 Å². The minimum Gasteiger partial charge on any atom is -0.462 e. The van der Waals surface area contributed by atoms with Crippen LogP contribution in [0.3, 0.4) is 0 Å². The van der Waals surface area contributed by atoms with Gasteiger partial charge in [-0.3, -0.25) is 14.4 Å². The third-order valence-corrected chi connectivity index (χ3v) is 15.2. The quantitative estimate of drug-likeness (QED) is 0.0261. The average Bonchev–Trinajstić information content (AvgIpc) is 3.45. The number of carbonyl (C=O) groups is 3. The van der Waals surface area contributed by atoms with Gasteiger partial charge in [0.2, 0.25) is 0 Å². The van der Waals surface area contributed by atoms with E-state index >= 15 is 0 Å². The van der Waals surface area contributed by atoms with Crippen molar-refractivity contribution in [1.29, 1.82) is 0 Å². The summed E-state index contributed by atoms with van der Waals surface area (Å²) in [5.41, 5.74) is 0. The molecule has 0 amide bonds. The zero-order valence-corrected chi connectivity index (χ0v) is 52.6. The molecule has 0 saturated heterocycles. The Hall–Kier alpha value is -3.15. The summed E-state index contributed by atoms with van der Waals surface area (Å²) in [5.74, 6) is -0.886. The van der Waals surface area contributed by atoms with Gasteiger partial charge in [0.25, 0.3) is 0 Å². The molecule has 1 unspecified atom stereocenters. The van der Waals surface area contributed by atoms with E-state index in [1.54, 1.807) is 0 Å². The van der Waals surface area contributed by atoms with Gasteiger partial charge in [0.15, 0.2) is 6.10 Å². The maximum absolute atomic E-state index is 12.9. The van der Waals surface area contributed by atoms with Gasteiger partial charge >= 0.3 is 17.9 Å². The van der Waals surface area contributed by atoms with Crippen LogP contribution < -0.4 is 0 Å². The molecule has 6 nitrogen and oxygen atoms in total. The molecule has 0 spiro atoms. The van der Waals surface area contributed by atoms with Gasteiger partial charge in [0.1, 0.15) is 13.2 Å². The SMILES string of the molecule is CC/C=C\C/C=C\C/C=C\C/C=C\CCCCCCC(=O)OC(COC(=O)CCCCCCCCCCCCCCC)COC(=O)CCCCCCCCCCCCCCCCCCCCC/C=C\C/C=C\CCCCCCC. The van der Waals surface area contributed by atoms with Gasteiger partial charge in [0, 0.05) is 19.3 Å². The molecular weight excluding hydrogens is 973 g/mol. The van der Waals surface area contributed by atoms with Gasteiger partial charge in [0.05, 0.1) is 0 Å². The molecule has 0 aromatic carbocycles. The first-order valence-electron chi connectivity index (χ1n) is 34.4. The molecule has 0 aliphatic carbocycles. The molecule has 0 aromatic heterocycles. The van der Waals surface area contributed by atoms with E-state index in [4.69, 9.17) is 14.2 Å². The van der Waals surface area contributed by atoms with Crippen LogP contribution in [0.25, 0.3) is 0 Å². The Kier molecular flexibility index (Phi) is 64.7. The van der Waals surface area contributed by atoms with E-state index < -0.39 is 6.10 Å². The summed E-state index contributed by atoms with van der Waals surface area (Å²) >= 11 is 0. The first kappa shape index (κ1) is 75.8. The maximum Gasteiger partial charge on any atom is 0.306 e. The van der Waals surface area contributed by atoms with Crippen LogP contribution in [0.4, 0.5) is 0 Å². The van der Waals surface area contributed by atoms with Crippen molar-refractivity contribution in [3.63, 3.8) is 0 Å². The van der Waals surface area contributed by atoms with Crippen LogP contribution >= 0.6 is 0 Å². The molecule has 0 aromatic rings. The van der Waals surface area contributed by atoms with Gasteiger partial charge in [-0.05, 0) is 89.9 Å². The number of allylic oxidation sites excluding steroid dienone is 12. The molecule has 0 aliphatic rings. The first-order chi connectivity index (χ1) is 39.0. The number of hydrogen-bond donors (Lipinski definition) is 0.